The highest BCUT2D eigenvalue weighted by atomic mass is 32.2. The fourth-order valence-electron chi connectivity index (χ4n) is 1.71. The predicted octanol–water partition coefficient (Wildman–Crippen LogP) is 3.16. The van der Waals surface area contributed by atoms with E-state index in [4.69, 9.17) is 4.74 Å². The van der Waals surface area contributed by atoms with Crippen molar-refractivity contribution >= 4 is 16.7 Å². The van der Waals surface area contributed by atoms with Crippen molar-refractivity contribution in [1.29, 1.82) is 0 Å². The lowest BCUT2D eigenvalue weighted by Gasteiger charge is -2.18. The van der Waals surface area contributed by atoms with Gasteiger partial charge in [-0.15, -0.1) is 0 Å². The molecule has 0 saturated carbocycles. The first kappa shape index (κ1) is 13.6. The summed E-state index contributed by atoms with van der Waals surface area (Å²) in [7, 11) is 2.21. The van der Waals surface area contributed by atoms with Gasteiger partial charge in [-0.05, 0) is 31.2 Å². The van der Waals surface area contributed by atoms with Gasteiger partial charge in [0, 0.05) is 13.1 Å². The summed E-state index contributed by atoms with van der Waals surface area (Å²) in [6.45, 7) is 2.01. The number of methoxy groups -OCH3 is 1. The van der Waals surface area contributed by atoms with Gasteiger partial charge in [0.25, 0.3) is 0 Å². The van der Waals surface area contributed by atoms with Gasteiger partial charge in [0.05, 0.1) is 17.7 Å². The number of hydrogen-bond acceptors (Lipinski definition) is 2. The molecule has 1 atom stereocenters. The lowest BCUT2D eigenvalue weighted by molar-refractivity contribution is 0.415. The largest absolute Gasteiger partial charge is 0.497 e. The molecule has 19 heavy (non-hydrogen) atoms. The molecule has 2 aromatic rings. The summed E-state index contributed by atoms with van der Waals surface area (Å²) >= 11 is 0. The first-order chi connectivity index (χ1) is 9.11. The van der Waals surface area contributed by atoms with Crippen LogP contribution in [0.25, 0.3) is 0 Å². The average Bonchev–Trinajstić information content (AvgIpc) is 2.46. The minimum absolute atomic E-state index is 0.755. The second-order valence-electron chi connectivity index (χ2n) is 4.26. The van der Waals surface area contributed by atoms with E-state index < -0.39 is 11.0 Å². The standard InChI is InChI=1S/C15H17NO2S/c1-12-7-9-15(10-8-12)19(17)16(2)13-5-4-6-14(11-13)18-3/h4-11H,1-3H3. The van der Waals surface area contributed by atoms with Gasteiger partial charge in [-0.25, -0.2) is 4.21 Å². The van der Waals surface area contributed by atoms with Crippen molar-refractivity contribution in [2.24, 2.45) is 0 Å². The van der Waals surface area contributed by atoms with Crippen LogP contribution in [0.5, 0.6) is 5.75 Å². The van der Waals surface area contributed by atoms with Crippen LogP contribution >= 0.6 is 0 Å². The van der Waals surface area contributed by atoms with Crippen molar-refractivity contribution in [2.45, 2.75) is 11.8 Å². The highest BCUT2D eigenvalue weighted by Crippen LogP contribution is 2.23. The summed E-state index contributed by atoms with van der Waals surface area (Å²) in [6.07, 6.45) is 0. The van der Waals surface area contributed by atoms with E-state index in [9.17, 15) is 4.21 Å². The summed E-state index contributed by atoms with van der Waals surface area (Å²) in [5.74, 6) is 0.755. The van der Waals surface area contributed by atoms with Crippen LogP contribution in [0.1, 0.15) is 5.56 Å². The van der Waals surface area contributed by atoms with E-state index in [0.29, 0.717) is 0 Å². The summed E-state index contributed by atoms with van der Waals surface area (Å²) in [4.78, 5) is 0.788. The van der Waals surface area contributed by atoms with Crippen molar-refractivity contribution in [2.75, 3.05) is 18.5 Å². The SMILES string of the molecule is COc1cccc(N(C)S(=O)c2ccc(C)cc2)c1. The molecule has 0 amide bonds. The summed E-state index contributed by atoms with van der Waals surface area (Å²) < 4.78 is 19.4. The molecule has 0 spiro atoms. The third kappa shape index (κ3) is 3.15. The molecule has 0 aliphatic heterocycles. The molecular formula is C15H17NO2S. The number of ether oxygens (including phenoxy) is 1. The van der Waals surface area contributed by atoms with Crippen LogP contribution in [0.4, 0.5) is 5.69 Å². The van der Waals surface area contributed by atoms with E-state index in [0.717, 1.165) is 21.9 Å². The molecule has 1 unspecified atom stereocenters. The van der Waals surface area contributed by atoms with Crippen molar-refractivity contribution in [3.8, 4) is 5.75 Å². The van der Waals surface area contributed by atoms with Gasteiger partial charge in [-0.2, -0.15) is 0 Å². The maximum Gasteiger partial charge on any atom is 0.152 e. The predicted molar refractivity (Wildman–Crippen MR) is 79.0 cm³/mol. The smallest absolute Gasteiger partial charge is 0.152 e. The number of aryl methyl sites for hydroxylation is 1. The van der Waals surface area contributed by atoms with Crippen LogP contribution in [0, 0.1) is 6.92 Å². The van der Waals surface area contributed by atoms with Crippen LogP contribution < -0.4 is 9.04 Å². The Morgan fingerprint density at radius 3 is 2.42 bits per heavy atom. The van der Waals surface area contributed by atoms with E-state index in [1.807, 2.05) is 62.5 Å². The molecule has 0 aliphatic carbocycles. The molecule has 2 rings (SSSR count). The van der Waals surface area contributed by atoms with E-state index in [-0.39, 0.29) is 0 Å². The minimum Gasteiger partial charge on any atom is -0.497 e. The molecule has 0 fully saturated rings. The van der Waals surface area contributed by atoms with Crippen LogP contribution in [-0.2, 0) is 11.0 Å². The Morgan fingerprint density at radius 2 is 1.79 bits per heavy atom. The lowest BCUT2D eigenvalue weighted by atomic mass is 10.2. The van der Waals surface area contributed by atoms with Crippen molar-refractivity contribution in [3.05, 3.63) is 54.1 Å². The van der Waals surface area contributed by atoms with Gasteiger partial charge in [0.15, 0.2) is 11.0 Å². The summed E-state index contributed by atoms with van der Waals surface area (Å²) in [5, 5.41) is 0. The maximum absolute atomic E-state index is 12.5. The van der Waals surface area contributed by atoms with Gasteiger partial charge in [-0.1, -0.05) is 23.8 Å². The van der Waals surface area contributed by atoms with Crippen molar-refractivity contribution < 1.29 is 8.95 Å². The number of benzene rings is 2. The molecule has 0 bridgehead atoms. The van der Waals surface area contributed by atoms with Crippen LogP contribution in [0.15, 0.2) is 53.4 Å². The second-order valence-corrected chi connectivity index (χ2v) is 5.78. The van der Waals surface area contributed by atoms with Gasteiger partial charge in [-0.3, -0.25) is 4.31 Å². The molecule has 0 heterocycles. The fraction of sp³-hybridized carbons (Fsp3) is 0.200. The lowest BCUT2D eigenvalue weighted by Crippen LogP contribution is -2.20. The van der Waals surface area contributed by atoms with Crippen LogP contribution in [-0.4, -0.2) is 18.4 Å². The Labute approximate surface area is 116 Å². The van der Waals surface area contributed by atoms with E-state index in [2.05, 4.69) is 0 Å². The Hall–Kier alpha value is -1.81. The third-order valence-electron chi connectivity index (χ3n) is 2.89. The zero-order chi connectivity index (χ0) is 13.8. The third-order valence-corrected chi connectivity index (χ3v) is 4.27. The van der Waals surface area contributed by atoms with E-state index in [1.165, 1.54) is 0 Å². The molecule has 0 N–H and O–H groups in total. The number of hydrogen-bond donors (Lipinski definition) is 0. The van der Waals surface area contributed by atoms with Crippen molar-refractivity contribution in [1.82, 2.24) is 0 Å². The molecule has 4 heteroatoms. The maximum atomic E-state index is 12.5. The molecule has 2 aromatic carbocycles. The molecule has 3 nitrogen and oxygen atoms in total. The molecule has 0 aliphatic rings. The van der Waals surface area contributed by atoms with Crippen LogP contribution in [0.3, 0.4) is 0 Å². The summed E-state index contributed by atoms with van der Waals surface area (Å²) in [6, 6.07) is 15.2. The first-order valence-corrected chi connectivity index (χ1v) is 7.09. The molecule has 0 saturated heterocycles. The zero-order valence-electron chi connectivity index (χ0n) is 11.3. The topological polar surface area (TPSA) is 29.5 Å². The average molecular weight is 275 g/mol. The minimum atomic E-state index is -1.22. The molecule has 100 valence electrons. The molecule has 0 radical (unpaired) electrons. The Bertz CT molecular complexity index is 581. The quantitative estimate of drug-likeness (QED) is 0.857. The van der Waals surface area contributed by atoms with Crippen LogP contribution in [0.2, 0.25) is 0 Å². The zero-order valence-corrected chi connectivity index (χ0v) is 12.1. The number of rotatable bonds is 4. The normalized spacial score (nSPS) is 11.9. The van der Waals surface area contributed by atoms with Gasteiger partial charge < -0.3 is 4.74 Å². The number of nitrogens with zero attached hydrogens (tertiary/aromatic N) is 1. The van der Waals surface area contributed by atoms with E-state index in [1.54, 1.807) is 11.4 Å². The molecule has 0 aromatic heterocycles. The number of anilines is 1. The van der Waals surface area contributed by atoms with E-state index >= 15 is 0 Å². The Kier molecular flexibility index (Phi) is 4.22. The summed E-state index contributed by atoms with van der Waals surface area (Å²) in [5.41, 5.74) is 2.02. The Morgan fingerprint density at radius 1 is 1.11 bits per heavy atom. The van der Waals surface area contributed by atoms with Gasteiger partial charge >= 0.3 is 0 Å². The second kappa shape index (κ2) is 5.89. The monoisotopic (exact) mass is 275 g/mol. The highest BCUT2D eigenvalue weighted by molar-refractivity contribution is 7.86. The van der Waals surface area contributed by atoms with Gasteiger partial charge in [0.1, 0.15) is 5.75 Å². The van der Waals surface area contributed by atoms with Crippen molar-refractivity contribution in [3.63, 3.8) is 0 Å². The Balaban J connectivity index is 2.25. The van der Waals surface area contributed by atoms with Gasteiger partial charge in [0.2, 0.25) is 0 Å². The first-order valence-electron chi connectivity index (χ1n) is 5.98. The fourth-order valence-corrected chi connectivity index (χ4v) is 2.71. The highest BCUT2D eigenvalue weighted by Gasteiger charge is 2.12. The molecular weight excluding hydrogens is 258 g/mol.